The molecule has 1 amide bonds. The number of aryl methyl sites for hydroxylation is 1. The molecule has 0 unspecified atom stereocenters. The maximum absolute atomic E-state index is 12.7. The maximum atomic E-state index is 12.7. The van der Waals surface area contributed by atoms with Crippen molar-refractivity contribution in [1.82, 2.24) is 14.6 Å². The average Bonchev–Trinajstić information content (AvgIpc) is 3.41. The van der Waals surface area contributed by atoms with E-state index >= 15 is 0 Å². The standard InChI is InChI=1S/C27H28N4O2.C7H8/c1-2-33-22-15-13-19(14-16-22)23-17-28-26-24(30-27(32)21-11-7-4-8-12-21)18-29-31(26)25(23)20-9-5-3-6-10-20;1-7-5-3-2-4-6-7/h4,7-8,11-18,20H,2-3,5-6,9-10H2,1H3,(H,30,32);2-6H,1H3. The van der Waals surface area contributed by atoms with Crippen LogP contribution < -0.4 is 10.1 Å². The van der Waals surface area contributed by atoms with Crippen molar-refractivity contribution in [2.45, 2.75) is 51.9 Å². The SMILES string of the molecule is CCOc1ccc(-c2cnc3c(NC(=O)c4ccccc4)cnn3c2C2CCCCC2)cc1.Cc1ccccc1. The first-order chi connectivity index (χ1) is 19.6. The summed E-state index contributed by atoms with van der Waals surface area (Å²) in [6, 6.07) is 27.6. The number of nitrogens with zero attached hydrogens (tertiary/aromatic N) is 3. The van der Waals surface area contributed by atoms with Gasteiger partial charge in [-0.3, -0.25) is 4.79 Å². The summed E-state index contributed by atoms with van der Waals surface area (Å²) in [6.07, 6.45) is 9.61. The maximum Gasteiger partial charge on any atom is 0.255 e. The number of rotatable bonds is 6. The first kappa shape index (κ1) is 27.1. The molecule has 40 heavy (non-hydrogen) atoms. The first-order valence-corrected chi connectivity index (χ1v) is 14.1. The second-order valence-electron chi connectivity index (χ2n) is 10.1. The number of benzene rings is 3. The molecule has 1 fully saturated rings. The van der Waals surface area contributed by atoms with Crippen LogP contribution in [0.3, 0.4) is 0 Å². The van der Waals surface area contributed by atoms with Crippen molar-refractivity contribution in [2.75, 3.05) is 11.9 Å². The van der Waals surface area contributed by atoms with Gasteiger partial charge in [0, 0.05) is 23.2 Å². The number of ether oxygens (including phenoxy) is 1. The van der Waals surface area contributed by atoms with Crippen LogP contribution >= 0.6 is 0 Å². The normalized spacial score (nSPS) is 13.3. The molecular formula is C34H36N4O2. The zero-order valence-corrected chi connectivity index (χ0v) is 23.2. The molecule has 6 rings (SSSR count). The molecule has 204 valence electrons. The fourth-order valence-electron chi connectivity index (χ4n) is 5.24. The van der Waals surface area contributed by atoms with Crippen LogP contribution in [0.25, 0.3) is 16.8 Å². The lowest BCUT2D eigenvalue weighted by Gasteiger charge is -2.25. The fourth-order valence-corrected chi connectivity index (χ4v) is 5.24. The number of amides is 1. The van der Waals surface area contributed by atoms with Gasteiger partial charge >= 0.3 is 0 Å². The second kappa shape index (κ2) is 13.1. The lowest BCUT2D eigenvalue weighted by molar-refractivity contribution is 0.102. The Labute approximate surface area is 236 Å². The van der Waals surface area contributed by atoms with Crippen LogP contribution in [-0.4, -0.2) is 27.1 Å². The molecule has 0 atom stereocenters. The Morgan fingerprint density at radius 2 is 1.57 bits per heavy atom. The monoisotopic (exact) mass is 532 g/mol. The van der Waals surface area contributed by atoms with Crippen molar-refractivity contribution in [2.24, 2.45) is 0 Å². The second-order valence-corrected chi connectivity index (χ2v) is 10.1. The highest BCUT2D eigenvalue weighted by molar-refractivity contribution is 6.05. The minimum atomic E-state index is -0.165. The molecule has 6 heteroatoms. The topological polar surface area (TPSA) is 68.5 Å². The van der Waals surface area contributed by atoms with Gasteiger partial charge in [-0.05, 0) is 56.5 Å². The van der Waals surface area contributed by atoms with E-state index in [1.54, 1.807) is 18.3 Å². The predicted octanol–water partition coefficient (Wildman–Crippen LogP) is 8.09. The Balaban J connectivity index is 0.000000403. The van der Waals surface area contributed by atoms with E-state index in [0.29, 0.717) is 29.4 Å². The van der Waals surface area contributed by atoms with Gasteiger partial charge < -0.3 is 10.1 Å². The number of nitrogens with one attached hydrogen (secondary N) is 1. The van der Waals surface area contributed by atoms with Gasteiger partial charge in [-0.2, -0.15) is 5.10 Å². The molecule has 0 spiro atoms. The Kier molecular flexibility index (Phi) is 8.86. The Morgan fingerprint density at radius 1 is 0.900 bits per heavy atom. The summed E-state index contributed by atoms with van der Waals surface area (Å²) in [5.41, 5.74) is 6.58. The molecule has 5 aromatic rings. The number of hydrogen-bond acceptors (Lipinski definition) is 4. The van der Waals surface area contributed by atoms with Crippen LogP contribution in [0.4, 0.5) is 5.69 Å². The first-order valence-electron chi connectivity index (χ1n) is 14.1. The molecule has 3 aromatic carbocycles. The van der Waals surface area contributed by atoms with Crippen LogP contribution in [-0.2, 0) is 0 Å². The smallest absolute Gasteiger partial charge is 0.255 e. The molecule has 1 aliphatic carbocycles. The molecule has 0 bridgehead atoms. The molecule has 0 saturated heterocycles. The average molecular weight is 533 g/mol. The van der Waals surface area contributed by atoms with Crippen molar-refractivity contribution in [3.8, 4) is 16.9 Å². The number of carbonyl (C=O) groups excluding carboxylic acids is 1. The summed E-state index contributed by atoms with van der Waals surface area (Å²) < 4.78 is 7.55. The van der Waals surface area contributed by atoms with Crippen molar-refractivity contribution in [3.63, 3.8) is 0 Å². The molecule has 1 N–H and O–H groups in total. The third-order valence-corrected chi connectivity index (χ3v) is 7.26. The minimum absolute atomic E-state index is 0.165. The van der Waals surface area contributed by atoms with E-state index in [4.69, 9.17) is 9.72 Å². The Hall–Kier alpha value is -4.45. The Bertz CT molecular complexity index is 1520. The van der Waals surface area contributed by atoms with Gasteiger partial charge in [0.25, 0.3) is 5.91 Å². The highest BCUT2D eigenvalue weighted by Crippen LogP contribution is 2.39. The van der Waals surface area contributed by atoms with Crippen LogP contribution in [0.15, 0.2) is 97.3 Å². The van der Waals surface area contributed by atoms with E-state index in [9.17, 15) is 4.79 Å². The van der Waals surface area contributed by atoms with Crippen LogP contribution in [0.1, 0.15) is 66.6 Å². The van der Waals surface area contributed by atoms with E-state index in [2.05, 4.69) is 41.6 Å². The summed E-state index contributed by atoms with van der Waals surface area (Å²) in [5, 5.41) is 7.68. The number of aromatic nitrogens is 3. The lowest BCUT2D eigenvalue weighted by Crippen LogP contribution is -2.14. The number of hydrogen-bond donors (Lipinski definition) is 1. The quantitative estimate of drug-likeness (QED) is 0.240. The zero-order valence-electron chi connectivity index (χ0n) is 23.2. The summed E-state index contributed by atoms with van der Waals surface area (Å²) in [4.78, 5) is 17.5. The lowest BCUT2D eigenvalue weighted by atomic mass is 9.84. The summed E-state index contributed by atoms with van der Waals surface area (Å²) in [5.74, 6) is 1.10. The van der Waals surface area contributed by atoms with Gasteiger partial charge in [0.05, 0.1) is 18.5 Å². The minimum Gasteiger partial charge on any atom is -0.494 e. The number of carbonyl (C=O) groups is 1. The summed E-state index contributed by atoms with van der Waals surface area (Å²) in [6.45, 7) is 4.71. The zero-order chi connectivity index (χ0) is 27.7. The Morgan fingerprint density at radius 3 is 2.20 bits per heavy atom. The van der Waals surface area contributed by atoms with E-state index in [1.807, 2.05) is 66.2 Å². The van der Waals surface area contributed by atoms with E-state index < -0.39 is 0 Å². The van der Waals surface area contributed by atoms with Gasteiger partial charge in [0.2, 0.25) is 0 Å². The number of anilines is 1. The van der Waals surface area contributed by atoms with Crippen molar-refractivity contribution in [1.29, 1.82) is 0 Å². The predicted molar refractivity (Wildman–Crippen MR) is 161 cm³/mol. The largest absolute Gasteiger partial charge is 0.494 e. The molecule has 1 aliphatic rings. The van der Waals surface area contributed by atoms with Crippen LogP contribution in [0.2, 0.25) is 0 Å². The summed E-state index contributed by atoms with van der Waals surface area (Å²) in [7, 11) is 0. The molecule has 6 nitrogen and oxygen atoms in total. The van der Waals surface area contributed by atoms with Gasteiger partial charge in [-0.25, -0.2) is 9.50 Å². The highest BCUT2D eigenvalue weighted by Gasteiger charge is 2.24. The van der Waals surface area contributed by atoms with Crippen molar-refractivity contribution in [3.05, 3.63) is 114 Å². The van der Waals surface area contributed by atoms with E-state index in [1.165, 1.54) is 30.5 Å². The van der Waals surface area contributed by atoms with Crippen LogP contribution in [0, 0.1) is 6.92 Å². The molecule has 0 aliphatic heterocycles. The van der Waals surface area contributed by atoms with Crippen molar-refractivity contribution >= 4 is 17.2 Å². The van der Waals surface area contributed by atoms with Gasteiger partial charge in [-0.15, -0.1) is 0 Å². The van der Waals surface area contributed by atoms with Gasteiger partial charge in [-0.1, -0.05) is 85.5 Å². The molecule has 2 aromatic heterocycles. The van der Waals surface area contributed by atoms with Gasteiger partial charge in [0.1, 0.15) is 11.4 Å². The van der Waals surface area contributed by atoms with Crippen molar-refractivity contribution < 1.29 is 9.53 Å². The van der Waals surface area contributed by atoms with Gasteiger partial charge in [0.15, 0.2) is 5.65 Å². The summed E-state index contributed by atoms with van der Waals surface area (Å²) >= 11 is 0. The molecule has 2 heterocycles. The molecule has 0 radical (unpaired) electrons. The molecular weight excluding hydrogens is 496 g/mol. The van der Waals surface area contributed by atoms with E-state index in [-0.39, 0.29) is 5.91 Å². The number of fused-ring (bicyclic) bond motifs is 1. The fraction of sp³-hybridized carbons (Fsp3) is 0.265. The third kappa shape index (κ3) is 6.40. The van der Waals surface area contributed by atoms with Crippen LogP contribution in [0.5, 0.6) is 5.75 Å². The highest BCUT2D eigenvalue weighted by atomic mass is 16.5. The van der Waals surface area contributed by atoms with E-state index in [0.717, 1.165) is 29.7 Å². The molecule has 1 saturated carbocycles. The third-order valence-electron chi connectivity index (χ3n) is 7.26.